The highest BCUT2D eigenvalue weighted by molar-refractivity contribution is 6.52. The van der Waals surface area contributed by atoms with Crippen molar-refractivity contribution < 1.29 is 79.1 Å². The lowest BCUT2D eigenvalue weighted by Gasteiger charge is -2.42. The molecule has 0 radical (unpaired) electrons. The van der Waals surface area contributed by atoms with E-state index in [4.69, 9.17) is 4.43 Å². The molecule has 34 heavy (non-hydrogen) atoms. The van der Waals surface area contributed by atoms with Gasteiger partial charge in [0, 0.05) is 12.7 Å². The summed E-state index contributed by atoms with van der Waals surface area (Å²) in [5.74, 6) is -46.9. The van der Waals surface area contributed by atoms with Gasteiger partial charge in [0.05, 0.1) is 0 Å². The lowest BCUT2D eigenvalue weighted by atomic mass is 9.88. The van der Waals surface area contributed by atoms with Crippen molar-refractivity contribution in [3.63, 3.8) is 0 Å². The molecule has 1 aliphatic heterocycles. The van der Waals surface area contributed by atoms with E-state index in [1.54, 1.807) is 0 Å². The van der Waals surface area contributed by atoms with Gasteiger partial charge in [0.1, 0.15) is 0 Å². The molecule has 4 unspecified atom stereocenters. The van der Waals surface area contributed by atoms with Gasteiger partial charge in [0.15, 0.2) is 21.4 Å². The molecule has 0 bridgehead atoms. The van der Waals surface area contributed by atoms with Gasteiger partial charge in [-0.05, 0) is 12.5 Å². The summed E-state index contributed by atoms with van der Waals surface area (Å²) in [7, 11) is -3.10. The van der Waals surface area contributed by atoms with E-state index in [1.165, 1.54) is 0 Å². The van der Waals surface area contributed by atoms with Crippen molar-refractivity contribution in [2.24, 2.45) is 0 Å². The third-order valence-electron chi connectivity index (χ3n) is 5.02. The maximum absolute atomic E-state index is 13.9. The molecule has 0 aromatic carbocycles. The minimum atomic E-state index is -8.33. The average molecular weight is 562 g/mol. The summed E-state index contributed by atoms with van der Waals surface area (Å²) in [4.78, 5) is 0. The lowest BCUT2D eigenvalue weighted by Crippen LogP contribution is -2.73. The summed E-state index contributed by atoms with van der Waals surface area (Å²) in [5, 5.41) is 0. The first-order valence-corrected chi connectivity index (χ1v) is 11.2. The quantitative estimate of drug-likeness (QED) is 0.204. The molecule has 0 aromatic rings. The molecule has 0 aliphatic carbocycles. The van der Waals surface area contributed by atoms with E-state index in [-0.39, 0.29) is 19.1 Å². The van der Waals surface area contributed by atoms with Crippen LogP contribution >= 0.6 is 0 Å². The van der Waals surface area contributed by atoms with Gasteiger partial charge in [-0.15, -0.1) is 0 Å². The van der Waals surface area contributed by atoms with Gasteiger partial charge >= 0.3 is 35.5 Å². The highest BCUT2D eigenvalue weighted by atomic mass is 28.3. The van der Waals surface area contributed by atoms with Crippen LogP contribution < -0.4 is 0 Å². The minimum absolute atomic E-state index is 0.134. The molecule has 19 heteroatoms. The van der Waals surface area contributed by atoms with Gasteiger partial charge in [-0.2, -0.15) is 52.7 Å². The zero-order valence-electron chi connectivity index (χ0n) is 16.3. The van der Waals surface area contributed by atoms with Crippen LogP contribution in [0.25, 0.3) is 0 Å². The lowest BCUT2D eigenvalue weighted by molar-refractivity contribution is -0.433. The number of rotatable bonds is 11. The predicted molar refractivity (Wildman–Crippen MR) is 82.3 cm³/mol. The van der Waals surface area contributed by atoms with Crippen LogP contribution in [0, 0.1) is 0 Å². The molecule has 1 aliphatic rings. The predicted octanol–water partition coefficient (Wildman–Crippen LogP) is 6.61. The molecule has 0 N–H and O–H groups in total. The van der Waals surface area contributed by atoms with Gasteiger partial charge in [0.2, 0.25) is 6.17 Å². The maximum atomic E-state index is 13.9. The Morgan fingerprint density at radius 3 is 1.44 bits per heavy atom. The van der Waals surface area contributed by atoms with Crippen LogP contribution in [-0.4, -0.2) is 76.1 Å². The Balaban J connectivity index is 3.38. The van der Waals surface area contributed by atoms with Crippen LogP contribution in [0.3, 0.4) is 0 Å². The van der Waals surface area contributed by atoms with Crippen molar-refractivity contribution in [2.45, 2.75) is 85.4 Å². The van der Waals surface area contributed by atoms with Crippen LogP contribution in [0.5, 0.6) is 0 Å². The van der Waals surface area contributed by atoms with E-state index in [2.05, 4.69) is 0 Å². The third kappa shape index (κ3) is 4.83. The molecule has 1 rings (SSSR count). The highest BCUT2D eigenvalue weighted by Crippen LogP contribution is 2.62. The Morgan fingerprint density at radius 1 is 0.618 bits per heavy atom. The van der Waals surface area contributed by atoms with Gasteiger partial charge < -0.3 is 4.43 Å². The van der Waals surface area contributed by atoms with Gasteiger partial charge in [-0.25, -0.2) is 22.0 Å². The second kappa shape index (κ2) is 9.80. The summed E-state index contributed by atoms with van der Waals surface area (Å²) in [5.41, 5.74) is 0. The molecule has 0 spiro atoms. The molecule has 1 fully saturated rings. The van der Waals surface area contributed by atoms with Crippen molar-refractivity contribution in [1.82, 2.24) is 0 Å². The fourth-order valence-electron chi connectivity index (χ4n) is 2.88. The van der Waals surface area contributed by atoms with Crippen molar-refractivity contribution in [3.05, 3.63) is 0 Å². The van der Waals surface area contributed by atoms with Crippen molar-refractivity contribution in [1.29, 1.82) is 0 Å². The summed E-state index contributed by atoms with van der Waals surface area (Å²) in [6, 6.07) is -1.81. The van der Waals surface area contributed by atoms with Crippen LogP contribution in [0.15, 0.2) is 0 Å². The molecule has 0 amide bonds. The Labute approximate surface area is 181 Å². The van der Waals surface area contributed by atoms with Crippen molar-refractivity contribution in [2.75, 3.05) is 6.61 Å². The summed E-state index contributed by atoms with van der Waals surface area (Å²) < 4.78 is 232. The Kier molecular flexibility index (Phi) is 8.94. The fourth-order valence-corrected chi connectivity index (χ4v) is 5.42. The largest absolute Gasteiger partial charge is 0.420 e. The van der Waals surface area contributed by atoms with Crippen molar-refractivity contribution in [3.8, 4) is 0 Å². The van der Waals surface area contributed by atoms with E-state index in [0.29, 0.717) is 6.42 Å². The summed E-state index contributed by atoms with van der Waals surface area (Å²) >= 11 is 0. The normalized spacial score (nSPS) is 22.6. The van der Waals surface area contributed by atoms with Crippen LogP contribution in [0.2, 0.25) is 12.1 Å². The van der Waals surface area contributed by atoms with Gasteiger partial charge in [-0.3, -0.25) is 0 Å². The zero-order chi connectivity index (χ0) is 27.1. The number of alkyl halides is 17. The fraction of sp³-hybridized carbons (Fsp3) is 1.00. The Morgan fingerprint density at radius 2 is 1.06 bits per heavy atom. The third-order valence-corrected chi connectivity index (χ3v) is 7.72. The average Bonchev–Trinajstić information content (AvgIpc) is 2.72. The summed E-state index contributed by atoms with van der Waals surface area (Å²) in [6.45, 7) is -0.153. The van der Waals surface area contributed by atoms with Crippen molar-refractivity contribution >= 4 is 9.04 Å². The molecule has 204 valence electrons. The number of hydrogen-bond acceptors (Lipinski definition) is 1. The molecular weight excluding hydrogens is 547 g/mol. The van der Waals surface area contributed by atoms with Gasteiger partial charge in [-0.1, -0.05) is 6.42 Å². The van der Waals surface area contributed by atoms with E-state index in [9.17, 15) is 74.6 Å². The highest BCUT2D eigenvalue weighted by Gasteiger charge is 2.91. The molecule has 4 atom stereocenters. The van der Waals surface area contributed by atoms with Crippen LogP contribution in [0.1, 0.15) is 12.8 Å². The van der Waals surface area contributed by atoms with E-state index in [0.717, 1.165) is 0 Å². The second-order valence-corrected chi connectivity index (χ2v) is 10.0. The van der Waals surface area contributed by atoms with Crippen LogP contribution in [0.4, 0.5) is 74.6 Å². The Bertz CT molecular complexity index is 678. The first-order chi connectivity index (χ1) is 15.0. The standard InChI is InChI=1S/C15H15F17OSi/c16-6(5-34-4-2-1-3-33-34)10(21,22)12(25,26)14(29,30)15(31,32)13(27,28)11(23,24)8(18)7(17)9(19)20/h6-9,34H,1-5H2. The topological polar surface area (TPSA) is 9.23 Å². The molecule has 1 heterocycles. The summed E-state index contributed by atoms with van der Waals surface area (Å²) in [6.07, 6.45) is -19.4. The van der Waals surface area contributed by atoms with Crippen LogP contribution in [-0.2, 0) is 4.43 Å². The molecule has 1 saturated heterocycles. The van der Waals surface area contributed by atoms with E-state index >= 15 is 0 Å². The SMILES string of the molecule is FC(F)C(F)C(F)C(F)(F)C(F)(F)C(F)(F)C(F)(F)C(F)(F)C(F)(F)C(F)C[SiH]1CCCCO1. The first-order valence-electron chi connectivity index (χ1n) is 9.10. The number of hydrogen-bond donors (Lipinski definition) is 0. The Hall–Kier alpha value is -1.01. The minimum Gasteiger partial charge on any atom is -0.420 e. The smallest absolute Gasteiger partial charge is 0.384 e. The molecule has 1 nitrogen and oxygen atoms in total. The molecule has 0 saturated carbocycles. The number of halogens is 17. The van der Waals surface area contributed by atoms with Gasteiger partial charge in [0.25, 0.3) is 6.43 Å². The van der Waals surface area contributed by atoms with E-state index < -0.39 is 75.6 Å². The second-order valence-electron chi connectivity index (χ2n) is 7.42. The molecule has 0 aromatic heterocycles. The maximum Gasteiger partial charge on any atom is 0.384 e. The zero-order valence-corrected chi connectivity index (χ0v) is 17.4. The first kappa shape index (κ1) is 31.0. The van der Waals surface area contributed by atoms with E-state index in [1.807, 2.05) is 0 Å². The monoisotopic (exact) mass is 562 g/mol. The molecular formula is C15H15F17OSi.